The summed E-state index contributed by atoms with van der Waals surface area (Å²) >= 11 is 13.4. The van der Waals surface area contributed by atoms with Crippen LogP contribution in [0.1, 0.15) is 12.8 Å². The molecule has 0 nitrogen and oxygen atoms in total. The van der Waals surface area contributed by atoms with E-state index in [1.54, 1.807) is 0 Å². The molecular weight excluding hydrogens is 316 g/mol. The van der Waals surface area contributed by atoms with Gasteiger partial charge in [0, 0.05) is 10.5 Å². The van der Waals surface area contributed by atoms with Crippen LogP contribution >= 0.6 is 58.4 Å². The van der Waals surface area contributed by atoms with Gasteiger partial charge in [-0.25, -0.2) is 0 Å². The zero-order chi connectivity index (χ0) is 11.9. The highest BCUT2D eigenvalue weighted by Gasteiger charge is 2.56. The summed E-state index contributed by atoms with van der Waals surface area (Å²) in [5.74, 6) is 3.78. The van der Waals surface area contributed by atoms with Crippen LogP contribution in [0.2, 0.25) is 0 Å². The summed E-state index contributed by atoms with van der Waals surface area (Å²) in [4.78, 5) is 0. The SMILES string of the molecule is S=c1sc2c(s1)S[C@H]1C[C@H]3[C@@H]([C@@H]1S2)[C@H]1C=C[C@H]3C1. The summed E-state index contributed by atoms with van der Waals surface area (Å²) in [7, 11) is 0. The lowest BCUT2D eigenvalue weighted by Gasteiger charge is -2.29. The van der Waals surface area contributed by atoms with Crippen molar-refractivity contribution in [2.75, 3.05) is 0 Å². The molecule has 5 rings (SSSR count). The van der Waals surface area contributed by atoms with Gasteiger partial charge in [0.1, 0.15) is 3.14 Å². The van der Waals surface area contributed by atoms with Crippen LogP contribution in [0.25, 0.3) is 0 Å². The summed E-state index contributed by atoms with van der Waals surface area (Å²) in [6, 6.07) is 0. The largest absolute Gasteiger partial charge is 0.145 e. The number of hydrogen-bond acceptors (Lipinski definition) is 5. The van der Waals surface area contributed by atoms with Crippen molar-refractivity contribution in [2.45, 2.75) is 31.8 Å². The molecule has 0 N–H and O–H groups in total. The standard InChI is InChI=1S/C13H12S5/c14-13-17-11-12(18-13)16-10-8(15-11)4-7-5-1-2-6(3-5)9(7)10/h1-2,5-10H,3-4H2/t5-,6-,7+,8-,9-,10+/m0/s1. The van der Waals surface area contributed by atoms with Gasteiger partial charge in [0.05, 0.1) is 8.42 Å². The highest BCUT2D eigenvalue weighted by molar-refractivity contribution is 8.09. The highest BCUT2D eigenvalue weighted by Crippen LogP contribution is 2.65. The van der Waals surface area contributed by atoms with Crippen LogP contribution in [0.3, 0.4) is 0 Å². The van der Waals surface area contributed by atoms with Crippen molar-refractivity contribution in [3.8, 4) is 0 Å². The van der Waals surface area contributed by atoms with E-state index in [4.69, 9.17) is 12.2 Å². The van der Waals surface area contributed by atoms with Gasteiger partial charge in [-0.15, -0.1) is 46.2 Å². The molecule has 1 aliphatic heterocycles. The minimum Gasteiger partial charge on any atom is -0.109 e. The van der Waals surface area contributed by atoms with Gasteiger partial charge in [-0.1, -0.05) is 24.4 Å². The van der Waals surface area contributed by atoms with E-state index in [1.165, 1.54) is 21.3 Å². The normalized spacial score (nSPS) is 47.1. The smallest absolute Gasteiger partial charge is 0.109 e. The molecule has 1 aromatic rings. The van der Waals surface area contributed by atoms with Gasteiger partial charge in [-0.3, -0.25) is 0 Å². The van der Waals surface area contributed by atoms with Crippen molar-refractivity contribution in [1.29, 1.82) is 0 Å². The van der Waals surface area contributed by atoms with Crippen molar-refractivity contribution >= 4 is 58.4 Å². The Morgan fingerprint density at radius 2 is 1.78 bits per heavy atom. The zero-order valence-electron chi connectivity index (χ0n) is 9.57. The zero-order valence-corrected chi connectivity index (χ0v) is 13.7. The molecule has 0 unspecified atom stereocenters. The van der Waals surface area contributed by atoms with E-state index in [-0.39, 0.29) is 0 Å². The molecule has 2 saturated carbocycles. The van der Waals surface area contributed by atoms with Crippen molar-refractivity contribution in [2.24, 2.45) is 23.7 Å². The molecule has 0 radical (unpaired) electrons. The first kappa shape index (κ1) is 11.4. The predicted molar refractivity (Wildman–Crippen MR) is 84.7 cm³/mol. The Bertz CT molecular complexity index is 597. The number of thioether (sulfide) groups is 2. The second kappa shape index (κ2) is 3.88. The van der Waals surface area contributed by atoms with E-state index in [9.17, 15) is 0 Å². The lowest BCUT2D eigenvalue weighted by Crippen LogP contribution is -2.26. The van der Waals surface area contributed by atoms with Gasteiger partial charge in [-0.2, -0.15) is 0 Å². The van der Waals surface area contributed by atoms with Gasteiger partial charge in [0.15, 0.2) is 0 Å². The third-order valence-electron chi connectivity index (χ3n) is 4.96. The molecule has 1 aromatic heterocycles. The Balaban J connectivity index is 1.55. The van der Waals surface area contributed by atoms with Crippen LogP contribution in [-0.4, -0.2) is 10.5 Å². The summed E-state index contributed by atoms with van der Waals surface area (Å²) in [5, 5.41) is 1.73. The summed E-state index contributed by atoms with van der Waals surface area (Å²) in [6.07, 6.45) is 7.94. The molecule has 4 aliphatic rings. The Morgan fingerprint density at radius 1 is 1.00 bits per heavy atom. The second-order valence-corrected chi connectivity index (χ2v) is 11.9. The van der Waals surface area contributed by atoms with E-state index in [0.717, 1.165) is 37.3 Å². The fraction of sp³-hybridized carbons (Fsp3) is 0.615. The third-order valence-corrected chi connectivity index (χ3v) is 11.4. The topological polar surface area (TPSA) is 0 Å². The van der Waals surface area contributed by atoms with Crippen molar-refractivity contribution in [1.82, 2.24) is 0 Å². The third kappa shape index (κ3) is 1.43. The van der Waals surface area contributed by atoms with Gasteiger partial charge in [0.2, 0.25) is 0 Å². The maximum absolute atomic E-state index is 5.36. The lowest BCUT2D eigenvalue weighted by atomic mass is 9.86. The molecule has 0 amide bonds. The molecule has 3 aliphatic carbocycles. The number of hydrogen-bond donors (Lipinski definition) is 0. The average Bonchev–Trinajstić information content (AvgIpc) is 3.03. The van der Waals surface area contributed by atoms with Crippen LogP contribution in [0.4, 0.5) is 0 Å². The molecule has 0 saturated heterocycles. The predicted octanol–water partition coefficient (Wildman–Crippen LogP) is 5.32. The van der Waals surface area contributed by atoms with E-state index in [1.807, 2.05) is 22.7 Å². The summed E-state index contributed by atoms with van der Waals surface area (Å²) in [6.45, 7) is 0. The van der Waals surface area contributed by atoms with Crippen LogP contribution in [0.15, 0.2) is 20.6 Å². The van der Waals surface area contributed by atoms with Crippen molar-refractivity contribution in [3.05, 3.63) is 15.3 Å². The molecular formula is C13H12S5. The molecule has 5 heteroatoms. The van der Waals surface area contributed by atoms with E-state index >= 15 is 0 Å². The first-order valence-corrected chi connectivity index (χ1v) is 10.3. The minimum atomic E-state index is 0.864. The molecule has 0 spiro atoms. The van der Waals surface area contributed by atoms with Gasteiger partial charge in [0.25, 0.3) is 0 Å². The monoisotopic (exact) mass is 328 g/mol. The number of fused-ring (bicyclic) bond motifs is 8. The maximum atomic E-state index is 5.36. The first-order chi connectivity index (χ1) is 8.79. The minimum absolute atomic E-state index is 0.864. The first-order valence-electron chi connectivity index (χ1n) is 6.45. The van der Waals surface area contributed by atoms with Crippen molar-refractivity contribution in [3.63, 3.8) is 0 Å². The van der Waals surface area contributed by atoms with Crippen molar-refractivity contribution < 1.29 is 0 Å². The Morgan fingerprint density at radius 3 is 2.67 bits per heavy atom. The molecule has 2 heterocycles. The Hall–Kier alpha value is 0.710. The Kier molecular flexibility index (Phi) is 2.45. The number of allylic oxidation sites excluding steroid dienone is 2. The van der Waals surface area contributed by atoms with E-state index < -0.39 is 0 Å². The molecule has 18 heavy (non-hydrogen) atoms. The fourth-order valence-electron chi connectivity index (χ4n) is 4.36. The van der Waals surface area contributed by atoms with E-state index in [0.29, 0.717) is 0 Å². The average molecular weight is 329 g/mol. The van der Waals surface area contributed by atoms with Gasteiger partial charge >= 0.3 is 0 Å². The number of rotatable bonds is 0. The molecule has 6 atom stereocenters. The second-order valence-electron chi connectivity index (χ2n) is 5.69. The van der Waals surface area contributed by atoms with E-state index in [2.05, 4.69) is 35.7 Å². The highest BCUT2D eigenvalue weighted by atomic mass is 32.2. The molecule has 2 fully saturated rings. The van der Waals surface area contributed by atoms with Crippen LogP contribution in [0, 0.1) is 26.8 Å². The quantitative estimate of drug-likeness (QED) is 0.467. The Labute approximate surface area is 128 Å². The van der Waals surface area contributed by atoms with Gasteiger partial charge in [-0.05, 0) is 36.5 Å². The van der Waals surface area contributed by atoms with Crippen LogP contribution in [-0.2, 0) is 0 Å². The fourth-order valence-corrected chi connectivity index (χ4v) is 11.8. The van der Waals surface area contributed by atoms with Crippen LogP contribution < -0.4 is 0 Å². The molecule has 2 bridgehead atoms. The summed E-state index contributed by atoms with van der Waals surface area (Å²) < 4.78 is 4.17. The molecule has 94 valence electrons. The van der Waals surface area contributed by atoms with Crippen LogP contribution in [0.5, 0.6) is 0 Å². The maximum Gasteiger partial charge on any atom is 0.145 e. The lowest BCUT2D eigenvalue weighted by molar-refractivity contribution is 0.369. The molecule has 0 aromatic carbocycles. The summed E-state index contributed by atoms with van der Waals surface area (Å²) in [5.41, 5.74) is 0. The van der Waals surface area contributed by atoms with Gasteiger partial charge < -0.3 is 0 Å².